The summed E-state index contributed by atoms with van der Waals surface area (Å²) in [6, 6.07) is 5.48. The first kappa shape index (κ1) is 15.5. The van der Waals surface area contributed by atoms with Crippen molar-refractivity contribution in [1.29, 1.82) is 0 Å². The van der Waals surface area contributed by atoms with Crippen LogP contribution in [-0.2, 0) is 0 Å². The molecule has 0 radical (unpaired) electrons. The van der Waals surface area contributed by atoms with Gasteiger partial charge in [-0.05, 0) is 36.7 Å². The zero-order valence-electron chi connectivity index (χ0n) is 11.9. The van der Waals surface area contributed by atoms with E-state index in [1.54, 1.807) is 17.5 Å². The predicted octanol–water partition coefficient (Wildman–Crippen LogP) is 3.20. The highest BCUT2D eigenvalue weighted by molar-refractivity contribution is 7.03. The maximum absolute atomic E-state index is 12.4. The normalized spacial score (nSPS) is 18.6. The van der Waals surface area contributed by atoms with Crippen LogP contribution in [0.5, 0.6) is 0 Å². The third-order valence-electron chi connectivity index (χ3n) is 3.72. The van der Waals surface area contributed by atoms with Crippen molar-refractivity contribution in [3.05, 3.63) is 39.3 Å². The van der Waals surface area contributed by atoms with Crippen molar-refractivity contribution < 1.29 is 4.79 Å². The number of amides is 1. The Hall–Kier alpha value is -1.37. The van der Waals surface area contributed by atoms with Crippen LogP contribution in [0.1, 0.15) is 17.4 Å². The standard InChI is InChI=1S/C14H14Cl2N4OS/c1-9-7-19(13-6-10(15)2-3-11(13)16)4-5-20(9)14(21)12-8-22-18-17-12/h2-3,6,8-9H,4-5,7H2,1H3. The molecule has 1 saturated heterocycles. The number of piperazine rings is 1. The summed E-state index contributed by atoms with van der Waals surface area (Å²) in [6.07, 6.45) is 0. The average Bonchev–Trinajstić information content (AvgIpc) is 3.03. The molecule has 1 aromatic heterocycles. The van der Waals surface area contributed by atoms with Gasteiger partial charge in [-0.25, -0.2) is 0 Å². The summed E-state index contributed by atoms with van der Waals surface area (Å²) in [5.74, 6) is -0.0712. The Labute approximate surface area is 142 Å². The van der Waals surface area contributed by atoms with Gasteiger partial charge in [-0.15, -0.1) is 5.10 Å². The van der Waals surface area contributed by atoms with Crippen LogP contribution in [0.2, 0.25) is 10.0 Å². The number of carbonyl (C=O) groups excluding carboxylic acids is 1. The molecule has 0 bridgehead atoms. The number of nitrogens with zero attached hydrogens (tertiary/aromatic N) is 4. The number of halogens is 2. The number of hydrogen-bond donors (Lipinski definition) is 0. The molecule has 1 aliphatic rings. The zero-order chi connectivity index (χ0) is 15.7. The fourth-order valence-corrected chi connectivity index (χ4v) is 3.44. The van der Waals surface area contributed by atoms with Crippen LogP contribution in [0.15, 0.2) is 23.6 Å². The van der Waals surface area contributed by atoms with Gasteiger partial charge in [0.15, 0.2) is 5.69 Å². The van der Waals surface area contributed by atoms with Crippen molar-refractivity contribution in [1.82, 2.24) is 14.5 Å². The monoisotopic (exact) mass is 356 g/mol. The SMILES string of the molecule is CC1CN(c2cc(Cl)ccc2Cl)CCN1C(=O)c1csnn1. The van der Waals surface area contributed by atoms with E-state index in [4.69, 9.17) is 23.2 Å². The van der Waals surface area contributed by atoms with E-state index in [0.29, 0.717) is 35.4 Å². The molecule has 116 valence electrons. The fraction of sp³-hybridized carbons (Fsp3) is 0.357. The second-order valence-electron chi connectivity index (χ2n) is 5.18. The van der Waals surface area contributed by atoms with Crippen molar-refractivity contribution in [2.45, 2.75) is 13.0 Å². The Bertz CT molecular complexity index is 679. The molecule has 3 rings (SSSR count). The van der Waals surface area contributed by atoms with Gasteiger partial charge in [-0.2, -0.15) is 0 Å². The Balaban J connectivity index is 1.75. The molecule has 8 heteroatoms. The molecule has 1 aromatic carbocycles. The van der Waals surface area contributed by atoms with Crippen LogP contribution in [0.4, 0.5) is 5.69 Å². The molecule has 0 saturated carbocycles. The number of benzene rings is 1. The molecular formula is C14H14Cl2N4OS. The van der Waals surface area contributed by atoms with Crippen molar-refractivity contribution in [2.24, 2.45) is 0 Å². The topological polar surface area (TPSA) is 49.3 Å². The Morgan fingerprint density at radius 3 is 2.86 bits per heavy atom. The zero-order valence-corrected chi connectivity index (χ0v) is 14.2. The van der Waals surface area contributed by atoms with Gasteiger partial charge in [0.2, 0.25) is 0 Å². The van der Waals surface area contributed by atoms with Gasteiger partial charge in [-0.1, -0.05) is 27.7 Å². The maximum Gasteiger partial charge on any atom is 0.275 e. The Kier molecular flexibility index (Phi) is 4.52. The molecule has 22 heavy (non-hydrogen) atoms. The molecule has 0 N–H and O–H groups in total. The Morgan fingerprint density at radius 1 is 1.36 bits per heavy atom. The van der Waals surface area contributed by atoms with Gasteiger partial charge in [0.25, 0.3) is 5.91 Å². The van der Waals surface area contributed by atoms with Crippen LogP contribution >= 0.6 is 34.7 Å². The van der Waals surface area contributed by atoms with Gasteiger partial charge in [-0.3, -0.25) is 4.79 Å². The first-order chi connectivity index (χ1) is 10.6. The maximum atomic E-state index is 12.4. The molecular weight excluding hydrogens is 343 g/mol. The number of aromatic nitrogens is 2. The second-order valence-corrected chi connectivity index (χ2v) is 6.63. The molecule has 2 heterocycles. The molecule has 1 atom stereocenters. The van der Waals surface area contributed by atoms with E-state index >= 15 is 0 Å². The third kappa shape index (κ3) is 3.04. The summed E-state index contributed by atoms with van der Waals surface area (Å²) < 4.78 is 3.75. The minimum Gasteiger partial charge on any atom is -0.366 e. The average molecular weight is 357 g/mol. The molecule has 1 unspecified atom stereocenters. The Morgan fingerprint density at radius 2 is 2.18 bits per heavy atom. The van der Waals surface area contributed by atoms with Crippen LogP contribution in [0.25, 0.3) is 0 Å². The van der Waals surface area contributed by atoms with E-state index in [2.05, 4.69) is 14.5 Å². The lowest BCUT2D eigenvalue weighted by Gasteiger charge is -2.41. The quantitative estimate of drug-likeness (QED) is 0.828. The lowest BCUT2D eigenvalue weighted by Crippen LogP contribution is -2.54. The summed E-state index contributed by atoms with van der Waals surface area (Å²) in [7, 11) is 0. The summed E-state index contributed by atoms with van der Waals surface area (Å²) in [4.78, 5) is 16.4. The summed E-state index contributed by atoms with van der Waals surface area (Å²) in [5.41, 5.74) is 1.31. The highest BCUT2D eigenvalue weighted by Crippen LogP contribution is 2.30. The lowest BCUT2D eigenvalue weighted by molar-refractivity contribution is 0.0668. The van der Waals surface area contributed by atoms with E-state index in [-0.39, 0.29) is 11.9 Å². The molecule has 2 aromatic rings. The van der Waals surface area contributed by atoms with E-state index in [0.717, 1.165) is 5.69 Å². The predicted molar refractivity (Wildman–Crippen MR) is 89.1 cm³/mol. The molecule has 5 nitrogen and oxygen atoms in total. The second kappa shape index (κ2) is 6.40. The minimum absolute atomic E-state index is 0.0537. The number of rotatable bonds is 2. The number of hydrogen-bond acceptors (Lipinski definition) is 5. The van der Waals surface area contributed by atoms with Gasteiger partial charge in [0, 0.05) is 36.1 Å². The fourth-order valence-electron chi connectivity index (χ4n) is 2.61. The molecule has 0 spiro atoms. The first-order valence-electron chi connectivity index (χ1n) is 6.84. The molecule has 0 aliphatic carbocycles. The molecule has 1 aliphatic heterocycles. The number of carbonyl (C=O) groups is 1. The van der Waals surface area contributed by atoms with Crippen LogP contribution in [-0.4, -0.2) is 46.1 Å². The minimum atomic E-state index is -0.0712. The van der Waals surface area contributed by atoms with Gasteiger partial charge in [0.05, 0.1) is 10.7 Å². The van der Waals surface area contributed by atoms with Crippen LogP contribution < -0.4 is 4.90 Å². The van der Waals surface area contributed by atoms with E-state index in [1.807, 2.05) is 17.9 Å². The largest absolute Gasteiger partial charge is 0.366 e. The first-order valence-corrected chi connectivity index (χ1v) is 8.43. The van der Waals surface area contributed by atoms with E-state index in [9.17, 15) is 4.79 Å². The molecule has 1 fully saturated rings. The summed E-state index contributed by atoms with van der Waals surface area (Å²) in [6.45, 7) is 4.03. The highest BCUT2D eigenvalue weighted by Gasteiger charge is 2.30. The van der Waals surface area contributed by atoms with Crippen molar-refractivity contribution >= 4 is 46.3 Å². The van der Waals surface area contributed by atoms with Gasteiger partial charge >= 0.3 is 0 Å². The number of anilines is 1. The highest BCUT2D eigenvalue weighted by atomic mass is 35.5. The van der Waals surface area contributed by atoms with Crippen molar-refractivity contribution in [2.75, 3.05) is 24.5 Å². The van der Waals surface area contributed by atoms with Crippen molar-refractivity contribution in [3.63, 3.8) is 0 Å². The van der Waals surface area contributed by atoms with Gasteiger partial charge in [0.1, 0.15) is 0 Å². The summed E-state index contributed by atoms with van der Waals surface area (Å²) >= 11 is 13.5. The molecule has 1 amide bonds. The smallest absolute Gasteiger partial charge is 0.275 e. The van der Waals surface area contributed by atoms with Crippen LogP contribution in [0, 0.1) is 0 Å². The van der Waals surface area contributed by atoms with Crippen molar-refractivity contribution in [3.8, 4) is 0 Å². The van der Waals surface area contributed by atoms with Gasteiger partial charge < -0.3 is 9.80 Å². The lowest BCUT2D eigenvalue weighted by atomic mass is 10.1. The van der Waals surface area contributed by atoms with E-state index < -0.39 is 0 Å². The van der Waals surface area contributed by atoms with Crippen LogP contribution in [0.3, 0.4) is 0 Å². The summed E-state index contributed by atoms with van der Waals surface area (Å²) in [5, 5.41) is 6.85. The third-order valence-corrected chi connectivity index (χ3v) is 4.78. The van der Waals surface area contributed by atoms with E-state index in [1.165, 1.54) is 11.5 Å².